The average Bonchev–Trinajstić information content (AvgIpc) is 2.31. The Morgan fingerprint density at radius 2 is 2.06 bits per heavy atom. The van der Waals surface area contributed by atoms with Gasteiger partial charge in [-0.25, -0.2) is 8.78 Å². The minimum Gasteiger partial charge on any atom is -0.393 e. The minimum absolute atomic E-state index is 0.0549. The van der Waals surface area contributed by atoms with E-state index in [1.54, 1.807) is 0 Å². The molecule has 4 heteroatoms. The van der Waals surface area contributed by atoms with Crippen LogP contribution in [0.1, 0.15) is 38.2 Å². The lowest BCUT2D eigenvalue weighted by Crippen LogP contribution is -2.13. The Bertz CT molecular complexity index is 405. The number of ketones is 1. The maximum Gasteiger partial charge on any atom is 0.159 e. The Kier molecular flexibility index (Phi) is 5.92. The maximum absolute atomic E-state index is 12.9. The molecule has 2 nitrogen and oxygen atoms in total. The highest BCUT2D eigenvalue weighted by atomic mass is 19.2. The number of aliphatic hydroxyl groups is 1. The van der Waals surface area contributed by atoms with Crippen LogP contribution >= 0.6 is 0 Å². The monoisotopic (exact) mass is 256 g/mol. The van der Waals surface area contributed by atoms with Crippen molar-refractivity contribution in [3.63, 3.8) is 0 Å². The molecule has 0 amide bonds. The smallest absolute Gasteiger partial charge is 0.159 e. The molecule has 1 N–H and O–H groups in total. The summed E-state index contributed by atoms with van der Waals surface area (Å²) < 4.78 is 25.6. The summed E-state index contributed by atoms with van der Waals surface area (Å²) in [4.78, 5) is 11.5. The van der Waals surface area contributed by atoms with Crippen LogP contribution in [0.5, 0.6) is 0 Å². The fraction of sp³-hybridized carbons (Fsp3) is 0.500. The van der Waals surface area contributed by atoms with E-state index < -0.39 is 17.7 Å². The van der Waals surface area contributed by atoms with Gasteiger partial charge in [0.15, 0.2) is 11.6 Å². The van der Waals surface area contributed by atoms with Crippen molar-refractivity contribution in [1.82, 2.24) is 0 Å². The molecule has 0 aliphatic heterocycles. The van der Waals surface area contributed by atoms with Crippen molar-refractivity contribution in [2.24, 2.45) is 0 Å². The van der Waals surface area contributed by atoms with Crippen LogP contribution in [0.4, 0.5) is 8.78 Å². The SMILES string of the molecule is CCCC(O)CC(=O)CCc1ccc(F)c(F)c1. The van der Waals surface area contributed by atoms with E-state index in [0.717, 1.165) is 18.6 Å². The zero-order valence-corrected chi connectivity index (χ0v) is 10.5. The number of Topliss-reactive ketones (excluding diaryl/α,β-unsaturated/α-hetero) is 1. The number of aryl methyl sites for hydroxylation is 1. The molecular formula is C14H18F2O2. The Balaban J connectivity index is 2.40. The van der Waals surface area contributed by atoms with Gasteiger partial charge in [0.05, 0.1) is 6.10 Å². The van der Waals surface area contributed by atoms with E-state index in [9.17, 15) is 18.7 Å². The van der Waals surface area contributed by atoms with Gasteiger partial charge in [0.1, 0.15) is 5.78 Å². The van der Waals surface area contributed by atoms with Gasteiger partial charge in [-0.1, -0.05) is 19.4 Å². The lowest BCUT2D eigenvalue weighted by Gasteiger charge is -2.08. The van der Waals surface area contributed by atoms with Crippen molar-refractivity contribution in [1.29, 1.82) is 0 Å². The summed E-state index contributed by atoms with van der Waals surface area (Å²) in [5, 5.41) is 9.47. The second kappa shape index (κ2) is 7.21. The highest BCUT2D eigenvalue weighted by Crippen LogP contribution is 2.12. The third-order valence-electron chi connectivity index (χ3n) is 2.76. The molecule has 0 saturated heterocycles. The third-order valence-corrected chi connectivity index (χ3v) is 2.76. The maximum atomic E-state index is 12.9. The van der Waals surface area contributed by atoms with Gasteiger partial charge >= 0.3 is 0 Å². The second-order valence-electron chi connectivity index (χ2n) is 4.43. The zero-order chi connectivity index (χ0) is 13.5. The molecule has 0 heterocycles. The highest BCUT2D eigenvalue weighted by Gasteiger charge is 2.10. The normalized spacial score (nSPS) is 12.4. The topological polar surface area (TPSA) is 37.3 Å². The number of rotatable bonds is 7. The van der Waals surface area contributed by atoms with E-state index in [1.165, 1.54) is 6.07 Å². The van der Waals surface area contributed by atoms with Crippen molar-refractivity contribution in [3.05, 3.63) is 35.4 Å². The van der Waals surface area contributed by atoms with E-state index in [-0.39, 0.29) is 18.6 Å². The molecule has 1 atom stereocenters. The van der Waals surface area contributed by atoms with Gasteiger partial charge in [0.25, 0.3) is 0 Å². The highest BCUT2D eigenvalue weighted by molar-refractivity contribution is 5.79. The molecule has 0 aliphatic carbocycles. The zero-order valence-electron chi connectivity index (χ0n) is 10.5. The van der Waals surface area contributed by atoms with E-state index in [0.29, 0.717) is 18.4 Å². The number of aliphatic hydroxyl groups excluding tert-OH is 1. The molecule has 0 saturated carbocycles. The van der Waals surface area contributed by atoms with Crippen LogP contribution in [0.15, 0.2) is 18.2 Å². The van der Waals surface area contributed by atoms with Gasteiger partial charge in [0.2, 0.25) is 0 Å². The molecule has 100 valence electrons. The minimum atomic E-state index is -0.897. The number of benzene rings is 1. The first-order chi connectivity index (χ1) is 8.52. The van der Waals surface area contributed by atoms with Gasteiger partial charge in [-0.05, 0) is 30.5 Å². The summed E-state index contributed by atoms with van der Waals surface area (Å²) in [5.41, 5.74) is 0.590. The molecule has 1 rings (SSSR count). The average molecular weight is 256 g/mol. The Morgan fingerprint density at radius 1 is 1.33 bits per heavy atom. The summed E-state index contributed by atoms with van der Waals surface area (Å²) in [7, 11) is 0. The molecule has 1 aromatic rings. The van der Waals surface area contributed by atoms with E-state index >= 15 is 0 Å². The Hall–Kier alpha value is -1.29. The van der Waals surface area contributed by atoms with Crippen LogP contribution in [0.3, 0.4) is 0 Å². The predicted octanol–water partition coefficient (Wildman–Crippen LogP) is 3.02. The first-order valence-corrected chi connectivity index (χ1v) is 6.16. The summed E-state index contributed by atoms with van der Waals surface area (Å²) >= 11 is 0. The van der Waals surface area contributed by atoms with Gasteiger partial charge in [-0.15, -0.1) is 0 Å². The predicted molar refractivity (Wildman–Crippen MR) is 65.2 cm³/mol. The van der Waals surface area contributed by atoms with Crippen LogP contribution < -0.4 is 0 Å². The van der Waals surface area contributed by atoms with Crippen LogP contribution in [0, 0.1) is 11.6 Å². The van der Waals surface area contributed by atoms with Crippen molar-refractivity contribution < 1.29 is 18.7 Å². The van der Waals surface area contributed by atoms with Gasteiger partial charge in [0, 0.05) is 12.8 Å². The molecule has 18 heavy (non-hydrogen) atoms. The molecule has 0 aromatic heterocycles. The standard InChI is InChI=1S/C14H18F2O2/c1-2-3-11(17)9-12(18)6-4-10-5-7-13(15)14(16)8-10/h5,7-8,11,17H,2-4,6,9H2,1H3. The number of hydrogen-bond donors (Lipinski definition) is 1. The lowest BCUT2D eigenvalue weighted by molar-refractivity contribution is -0.121. The fourth-order valence-corrected chi connectivity index (χ4v) is 1.78. The quantitative estimate of drug-likeness (QED) is 0.814. The molecule has 1 aromatic carbocycles. The van der Waals surface area contributed by atoms with E-state index in [2.05, 4.69) is 0 Å². The molecule has 0 radical (unpaired) electrons. The lowest BCUT2D eigenvalue weighted by atomic mass is 10.0. The fourth-order valence-electron chi connectivity index (χ4n) is 1.78. The van der Waals surface area contributed by atoms with E-state index in [4.69, 9.17) is 0 Å². The van der Waals surface area contributed by atoms with Crippen LogP contribution in [-0.2, 0) is 11.2 Å². The Labute approximate surface area is 106 Å². The summed E-state index contributed by atoms with van der Waals surface area (Å²) in [5.74, 6) is -1.84. The van der Waals surface area contributed by atoms with E-state index in [1.807, 2.05) is 6.92 Å². The Morgan fingerprint density at radius 3 is 2.67 bits per heavy atom. The van der Waals surface area contributed by atoms with Crippen molar-refractivity contribution in [2.45, 2.75) is 45.1 Å². The van der Waals surface area contributed by atoms with Crippen molar-refractivity contribution >= 4 is 5.78 Å². The number of hydrogen-bond acceptors (Lipinski definition) is 2. The van der Waals surface area contributed by atoms with Gasteiger partial charge in [-0.2, -0.15) is 0 Å². The van der Waals surface area contributed by atoms with Crippen molar-refractivity contribution in [3.8, 4) is 0 Å². The first kappa shape index (κ1) is 14.8. The second-order valence-corrected chi connectivity index (χ2v) is 4.43. The molecular weight excluding hydrogens is 238 g/mol. The third kappa shape index (κ3) is 4.92. The summed E-state index contributed by atoms with van der Waals surface area (Å²) in [6, 6.07) is 3.63. The summed E-state index contributed by atoms with van der Waals surface area (Å²) in [6.07, 6.45) is 1.60. The van der Waals surface area contributed by atoms with Crippen LogP contribution in [0.25, 0.3) is 0 Å². The van der Waals surface area contributed by atoms with Crippen LogP contribution in [-0.4, -0.2) is 17.0 Å². The van der Waals surface area contributed by atoms with Gasteiger partial charge in [-0.3, -0.25) is 4.79 Å². The molecule has 0 spiro atoms. The molecule has 0 aliphatic rings. The summed E-state index contributed by atoms with van der Waals surface area (Å²) in [6.45, 7) is 1.94. The number of carbonyl (C=O) groups excluding carboxylic acids is 1. The van der Waals surface area contributed by atoms with Crippen molar-refractivity contribution in [2.75, 3.05) is 0 Å². The van der Waals surface area contributed by atoms with Gasteiger partial charge < -0.3 is 5.11 Å². The van der Waals surface area contributed by atoms with Crippen LogP contribution in [0.2, 0.25) is 0 Å². The first-order valence-electron chi connectivity index (χ1n) is 6.16. The largest absolute Gasteiger partial charge is 0.393 e. The molecule has 0 bridgehead atoms. The molecule has 1 unspecified atom stereocenters. The number of halogens is 2. The molecule has 0 fully saturated rings. The number of carbonyl (C=O) groups is 1.